The molecule has 0 saturated carbocycles. The van der Waals surface area contributed by atoms with Gasteiger partial charge in [-0.3, -0.25) is 0 Å². The molecule has 3 heteroatoms. The average molecular weight is 285 g/mol. The quantitative estimate of drug-likeness (QED) is 0.910. The van der Waals surface area contributed by atoms with Crippen molar-refractivity contribution >= 4 is 0 Å². The molecule has 2 aromatic rings. The van der Waals surface area contributed by atoms with Crippen LogP contribution in [0.1, 0.15) is 28.3 Å². The van der Waals surface area contributed by atoms with E-state index < -0.39 is 0 Å². The smallest absolute Gasteiger partial charge is 0.127 e. The molecule has 0 aliphatic rings. The summed E-state index contributed by atoms with van der Waals surface area (Å²) in [6, 6.07) is 12.6. The van der Waals surface area contributed by atoms with Crippen molar-refractivity contribution < 1.29 is 9.47 Å². The van der Waals surface area contributed by atoms with Gasteiger partial charge in [-0.1, -0.05) is 29.3 Å². The van der Waals surface area contributed by atoms with E-state index in [1.54, 1.807) is 14.2 Å². The first-order valence-corrected chi connectivity index (χ1v) is 7.06. The Bertz CT molecular complexity index is 602. The SMILES string of the molecule is CNC(c1cc(C)cc(C)c1)c1ccc(OC)cc1OC. The highest BCUT2D eigenvalue weighted by atomic mass is 16.5. The fourth-order valence-electron chi connectivity index (χ4n) is 2.74. The Morgan fingerprint density at radius 2 is 1.57 bits per heavy atom. The highest BCUT2D eigenvalue weighted by Gasteiger charge is 2.17. The van der Waals surface area contributed by atoms with E-state index in [0.29, 0.717) is 0 Å². The molecule has 0 aromatic heterocycles. The topological polar surface area (TPSA) is 30.5 Å². The summed E-state index contributed by atoms with van der Waals surface area (Å²) < 4.78 is 10.8. The molecule has 1 N–H and O–H groups in total. The number of ether oxygens (including phenoxy) is 2. The molecule has 112 valence electrons. The molecule has 2 rings (SSSR count). The van der Waals surface area contributed by atoms with Crippen molar-refractivity contribution in [2.75, 3.05) is 21.3 Å². The average Bonchev–Trinajstić information content (AvgIpc) is 2.47. The van der Waals surface area contributed by atoms with E-state index in [4.69, 9.17) is 9.47 Å². The lowest BCUT2D eigenvalue weighted by atomic mass is 9.95. The zero-order chi connectivity index (χ0) is 15.4. The Balaban J connectivity index is 2.50. The molecule has 0 amide bonds. The van der Waals surface area contributed by atoms with Crippen molar-refractivity contribution in [3.05, 3.63) is 58.7 Å². The largest absolute Gasteiger partial charge is 0.497 e. The van der Waals surface area contributed by atoms with Gasteiger partial charge in [-0.2, -0.15) is 0 Å². The molecule has 0 radical (unpaired) electrons. The second-order valence-electron chi connectivity index (χ2n) is 5.25. The van der Waals surface area contributed by atoms with Gasteiger partial charge in [0.2, 0.25) is 0 Å². The number of hydrogen-bond acceptors (Lipinski definition) is 3. The predicted octanol–water partition coefficient (Wildman–Crippen LogP) is 3.63. The lowest BCUT2D eigenvalue weighted by Crippen LogP contribution is -2.18. The molecule has 0 heterocycles. The summed E-state index contributed by atoms with van der Waals surface area (Å²) in [5.74, 6) is 1.62. The third-order valence-electron chi connectivity index (χ3n) is 3.62. The van der Waals surface area contributed by atoms with Gasteiger partial charge in [-0.05, 0) is 38.6 Å². The van der Waals surface area contributed by atoms with Crippen LogP contribution in [0.5, 0.6) is 11.5 Å². The van der Waals surface area contributed by atoms with Crippen molar-refractivity contribution in [2.45, 2.75) is 19.9 Å². The molecule has 21 heavy (non-hydrogen) atoms. The minimum absolute atomic E-state index is 0.0875. The Kier molecular flexibility index (Phi) is 4.86. The fourth-order valence-corrected chi connectivity index (χ4v) is 2.74. The van der Waals surface area contributed by atoms with E-state index in [2.05, 4.69) is 43.4 Å². The van der Waals surface area contributed by atoms with Gasteiger partial charge in [-0.15, -0.1) is 0 Å². The van der Waals surface area contributed by atoms with Crippen LogP contribution in [-0.4, -0.2) is 21.3 Å². The van der Waals surface area contributed by atoms with Gasteiger partial charge >= 0.3 is 0 Å². The van der Waals surface area contributed by atoms with Gasteiger partial charge < -0.3 is 14.8 Å². The number of nitrogens with one attached hydrogen (secondary N) is 1. The number of methoxy groups -OCH3 is 2. The first kappa shape index (κ1) is 15.4. The first-order valence-electron chi connectivity index (χ1n) is 7.06. The Morgan fingerprint density at radius 1 is 0.905 bits per heavy atom. The molecule has 0 spiro atoms. The maximum Gasteiger partial charge on any atom is 0.127 e. The molecule has 1 unspecified atom stereocenters. The lowest BCUT2D eigenvalue weighted by Gasteiger charge is -2.21. The van der Waals surface area contributed by atoms with Gasteiger partial charge in [0.25, 0.3) is 0 Å². The van der Waals surface area contributed by atoms with Crippen molar-refractivity contribution in [1.82, 2.24) is 5.32 Å². The summed E-state index contributed by atoms with van der Waals surface area (Å²) in [5.41, 5.74) is 4.86. The van der Waals surface area contributed by atoms with Crippen LogP contribution in [0.4, 0.5) is 0 Å². The molecule has 0 aliphatic carbocycles. The Hall–Kier alpha value is -2.00. The Labute approximate surface area is 126 Å². The van der Waals surface area contributed by atoms with Crippen LogP contribution in [0.25, 0.3) is 0 Å². The second kappa shape index (κ2) is 6.64. The summed E-state index contributed by atoms with van der Waals surface area (Å²) in [4.78, 5) is 0. The fraction of sp³-hybridized carbons (Fsp3) is 0.333. The lowest BCUT2D eigenvalue weighted by molar-refractivity contribution is 0.388. The van der Waals surface area contributed by atoms with Crippen molar-refractivity contribution in [2.24, 2.45) is 0 Å². The summed E-state index contributed by atoms with van der Waals surface area (Å²) in [7, 11) is 5.31. The summed E-state index contributed by atoms with van der Waals surface area (Å²) >= 11 is 0. The van der Waals surface area contributed by atoms with E-state index in [0.717, 1.165) is 17.1 Å². The van der Waals surface area contributed by atoms with Gasteiger partial charge in [0, 0.05) is 11.6 Å². The highest BCUT2D eigenvalue weighted by Crippen LogP contribution is 2.33. The minimum Gasteiger partial charge on any atom is -0.497 e. The summed E-state index contributed by atoms with van der Waals surface area (Å²) in [6.45, 7) is 4.24. The van der Waals surface area contributed by atoms with Crippen LogP contribution in [0.3, 0.4) is 0 Å². The van der Waals surface area contributed by atoms with Crippen LogP contribution in [0, 0.1) is 13.8 Å². The number of benzene rings is 2. The van der Waals surface area contributed by atoms with Crippen LogP contribution < -0.4 is 14.8 Å². The Morgan fingerprint density at radius 3 is 2.10 bits per heavy atom. The van der Waals surface area contributed by atoms with Crippen molar-refractivity contribution in [3.63, 3.8) is 0 Å². The van der Waals surface area contributed by atoms with Crippen LogP contribution in [0.15, 0.2) is 36.4 Å². The van der Waals surface area contributed by atoms with Crippen LogP contribution in [0.2, 0.25) is 0 Å². The first-order chi connectivity index (χ1) is 10.1. The summed E-state index contributed by atoms with van der Waals surface area (Å²) in [6.07, 6.45) is 0. The second-order valence-corrected chi connectivity index (χ2v) is 5.25. The van der Waals surface area contributed by atoms with Crippen molar-refractivity contribution in [1.29, 1.82) is 0 Å². The van der Waals surface area contributed by atoms with E-state index in [9.17, 15) is 0 Å². The molecule has 3 nitrogen and oxygen atoms in total. The van der Waals surface area contributed by atoms with E-state index in [-0.39, 0.29) is 6.04 Å². The number of aryl methyl sites for hydroxylation is 2. The molecular weight excluding hydrogens is 262 g/mol. The zero-order valence-electron chi connectivity index (χ0n) is 13.4. The van der Waals surface area contributed by atoms with Crippen LogP contribution in [-0.2, 0) is 0 Å². The van der Waals surface area contributed by atoms with E-state index in [1.807, 2.05) is 19.2 Å². The third-order valence-corrected chi connectivity index (χ3v) is 3.62. The molecule has 0 saturated heterocycles. The zero-order valence-corrected chi connectivity index (χ0v) is 13.4. The van der Waals surface area contributed by atoms with Gasteiger partial charge in [-0.25, -0.2) is 0 Å². The van der Waals surface area contributed by atoms with E-state index >= 15 is 0 Å². The molecule has 2 aromatic carbocycles. The number of hydrogen-bond donors (Lipinski definition) is 1. The van der Waals surface area contributed by atoms with Gasteiger partial charge in [0.05, 0.1) is 20.3 Å². The third kappa shape index (κ3) is 3.37. The standard InChI is InChI=1S/C18H23NO2/c1-12-8-13(2)10-14(9-12)18(19-3)16-7-6-15(20-4)11-17(16)21-5/h6-11,18-19H,1-5H3. The molecule has 0 bridgehead atoms. The van der Waals surface area contributed by atoms with Gasteiger partial charge in [0.1, 0.15) is 11.5 Å². The van der Waals surface area contributed by atoms with Crippen LogP contribution >= 0.6 is 0 Å². The maximum atomic E-state index is 5.53. The molecule has 0 fully saturated rings. The molecule has 0 aliphatic heterocycles. The van der Waals surface area contributed by atoms with Gasteiger partial charge in [0.15, 0.2) is 0 Å². The maximum absolute atomic E-state index is 5.53. The normalized spacial score (nSPS) is 12.0. The number of rotatable bonds is 5. The molecular formula is C18H23NO2. The van der Waals surface area contributed by atoms with Crippen molar-refractivity contribution in [3.8, 4) is 11.5 Å². The predicted molar refractivity (Wildman–Crippen MR) is 86.4 cm³/mol. The van der Waals surface area contributed by atoms with E-state index in [1.165, 1.54) is 16.7 Å². The monoisotopic (exact) mass is 285 g/mol. The highest BCUT2D eigenvalue weighted by molar-refractivity contribution is 5.47. The summed E-state index contributed by atoms with van der Waals surface area (Å²) in [5, 5.41) is 3.38. The minimum atomic E-state index is 0.0875. The molecule has 1 atom stereocenters.